The van der Waals surface area contributed by atoms with Crippen molar-refractivity contribution in [1.82, 2.24) is 0 Å². The first-order valence-electron chi connectivity index (χ1n) is 6.22. The third-order valence-electron chi connectivity index (χ3n) is 2.72. The van der Waals surface area contributed by atoms with Gasteiger partial charge in [0.15, 0.2) is 11.5 Å². The van der Waals surface area contributed by atoms with E-state index >= 15 is 0 Å². The van der Waals surface area contributed by atoms with E-state index in [1.54, 1.807) is 18.2 Å². The smallest absolute Gasteiger partial charge is 0.343 e. The van der Waals surface area contributed by atoms with Crippen molar-refractivity contribution >= 4 is 5.97 Å². The van der Waals surface area contributed by atoms with Crippen molar-refractivity contribution < 1.29 is 14.3 Å². The zero-order chi connectivity index (χ0) is 13.7. The van der Waals surface area contributed by atoms with E-state index in [2.05, 4.69) is 0 Å². The van der Waals surface area contributed by atoms with Crippen LogP contribution in [0.3, 0.4) is 0 Å². The quantitative estimate of drug-likeness (QED) is 0.619. The Morgan fingerprint density at radius 3 is 2.32 bits per heavy atom. The number of carbonyl (C=O) groups is 1. The van der Waals surface area contributed by atoms with Gasteiger partial charge in [0.25, 0.3) is 0 Å². The molecule has 0 amide bonds. The van der Waals surface area contributed by atoms with Gasteiger partial charge in [0.1, 0.15) is 0 Å². The van der Waals surface area contributed by atoms with Crippen LogP contribution in [0.1, 0.15) is 22.8 Å². The van der Waals surface area contributed by atoms with Crippen molar-refractivity contribution in [3.05, 3.63) is 59.7 Å². The van der Waals surface area contributed by atoms with Crippen LogP contribution in [0.25, 0.3) is 0 Å². The van der Waals surface area contributed by atoms with Crippen molar-refractivity contribution in [1.29, 1.82) is 0 Å². The third-order valence-corrected chi connectivity index (χ3v) is 2.72. The predicted octanol–water partition coefficient (Wildman–Crippen LogP) is 3.61. The third kappa shape index (κ3) is 3.13. The monoisotopic (exact) mass is 256 g/mol. The molecule has 0 aliphatic heterocycles. The lowest BCUT2D eigenvalue weighted by molar-refractivity contribution is 0.0727. The Hall–Kier alpha value is -2.29. The highest BCUT2D eigenvalue weighted by atomic mass is 16.6. The van der Waals surface area contributed by atoms with E-state index in [-0.39, 0.29) is 5.97 Å². The maximum atomic E-state index is 12.1. The van der Waals surface area contributed by atoms with Crippen LogP contribution in [0, 0.1) is 6.92 Å². The zero-order valence-corrected chi connectivity index (χ0v) is 11.1. The highest BCUT2D eigenvalue weighted by molar-refractivity contribution is 5.92. The van der Waals surface area contributed by atoms with Gasteiger partial charge in [-0.15, -0.1) is 0 Å². The van der Waals surface area contributed by atoms with Crippen LogP contribution in [-0.4, -0.2) is 12.6 Å². The molecule has 0 aliphatic rings. The maximum absolute atomic E-state index is 12.1. The summed E-state index contributed by atoms with van der Waals surface area (Å²) < 4.78 is 10.8. The molecular weight excluding hydrogens is 240 g/mol. The number of hydrogen-bond acceptors (Lipinski definition) is 3. The Morgan fingerprint density at radius 2 is 1.63 bits per heavy atom. The van der Waals surface area contributed by atoms with E-state index < -0.39 is 0 Å². The number of esters is 1. The van der Waals surface area contributed by atoms with E-state index in [4.69, 9.17) is 9.47 Å². The normalized spacial score (nSPS) is 10.0. The Labute approximate surface area is 112 Å². The summed E-state index contributed by atoms with van der Waals surface area (Å²) in [7, 11) is 0. The largest absolute Gasteiger partial charge is 0.490 e. The first kappa shape index (κ1) is 13.1. The fourth-order valence-corrected chi connectivity index (χ4v) is 1.77. The van der Waals surface area contributed by atoms with Crippen LogP contribution in [-0.2, 0) is 0 Å². The Balaban J connectivity index is 2.22. The van der Waals surface area contributed by atoms with Gasteiger partial charge in [0.2, 0.25) is 0 Å². The van der Waals surface area contributed by atoms with Crippen LogP contribution >= 0.6 is 0 Å². The standard InChI is InChI=1S/C16H16O3/c1-3-18-14-10-6-7-11-15(14)19-16(17)13-9-5-4-8-12(13)2/h4-11H,3H2,1-2H3. The van der Waals surface area contributed by atoms with Gasteiger partial charge in [0, 0.05) is 0 Å². The molecule has 0 saturated heterocycles. The summed E-state index contributed by atoms with van der Waals surface area (Å²) in [6.45, 7) is 4.30. The van der Waals surface area contributed by atoms with Crippen molar-refractivity contribution in [2.45, 2.75) is 13.8 Å². The van der Waals surface area contributed by atoms with Crippen LogP contribution < -0.4 is 9.47 Å². The van der Waals surface area contributed by atoms with E-state index in [1.807, 2.05) is 44.2 Å². The summed E-state index contributed by atoms with van der Waals surface area (Å²) in [4.78, 5) is 12.1. The van der Waals surface area contributed by atoms with Gasteiger partial charge < -0.3 is 9.47 Å². The minimum atomic E-state index is -0.370. The van der Waals surface area contributed by atoms with E-state index in [0.717, 1.165) is 5.56 Å². The number of carbonyl (C=O) groups excluding carboxylic acids is 1. The maximum Gasteiger partial charge on any atom is 0.343 e. The van der Waals surface area contributed by atoms with E-state index in [9.17, 15) is 4.79 Å². The number of ether oxygens (including phenoxy) is 2. The molecule has 0 unspecified atom stereocenters. The summed E-state index contributed by atoms with van der Waals surface area (Å²) >= 11 is 0. The van der Waals surface area contributed by atoms with Gasteiger partial charge in [-0.3, -0.25) is 0 Å². The lowest BCUT2D eigenvalue weighted by atomic mass is 10.1. The molecule has 0 spiro atoms. The molecule has 0 fully saturated rings. The molecule has 0 aromatic heterocycles. The molecular formula is C16H16O3. The second-order valence-corrected chi connectivity index (χ2v) is 4.08. The molecule has 2 aromatic carbocycles. The number of benzene rings is 2. The van der Waals surface area contributed by atoms with Crippen LogP contribution in [0.15, 0.2) is 48.5 Å². The van der Waals surface area contributed by atoms with Gasteiger partial charge in [-0.25, -0.2) is 4.79 Å². The van der Waals surface area contributed by atoms with Gasteiger partial charge in [-0.2, -0.15) is 0 Å². The van der Waals surface area contributed by atoms with Crippen molar-refractivity contribution in [3.8, 4) is 11.5 Å². The summed E-state index contributed by atoms with van der Waals surface area (Å²) in [5, 5.41) is 0. The molecule has 2 aromatic rings. The van der Waals surface area contributed by atoms with Crippen LogP contribution in [0.4, 0.5) is 0 Å². The molecule has 2 rings (SSSR count). The highest BCUT2D eigenvalue weighted by Gasteiger charge is 2.13. The lowest BCUT2D eigenvalue weighted by Gasteiger charge is -2.11. The van der Waals surface area contributed by atoms with Gasteiger partial charge in [-0.1, -0.05) is 30.3 Å². The summed E-state index contributed by atoms with van der Waals surface area (Å²) in [6.07, 6.45) is 0. The Kier molecular flexibility index (Phi) is 4.18. The molecule has 0 aliphatic carbocycles. The predicted molar refractivity (Wildman–Crippen MR) is 73.7 cm³/mol. The molecule has 0 radical (unpaired) electrons. The van der Waals surface area contributed by atoms with Crippen LogP contribution in [0.2, 0.25) is 0 Å². The minimum Gasteiger partial charge on any atom is -0.490 e. The Morgan fingerprint density at radius 1 is 1.00 bits per heavy atom. The van der Waals surface area contributed by atoms with Crippen LogP contribution in [0.5, 0.6) is 11.5 Å². The van der Waals surface area contributed by atoms with Gasteiger partial charge in [0.05, 0.1) is 12.2 Å². The lowest BCUT2D eigenvalue weighted by Crippen LogP contribution is -2.11. The fraction of sp³-hybridized carbons (Fsp3) is 0.188. The first-order chi connectivity index (χ1) is 9.22. The van der Waals surface area contributed by atoms with E-state index in [0.29, 0.717) is 23.7 Å². The average Bonchev–Trinajstić information content (AvgIpc) is 2.41. The molecule has 0 bridgehead atoms. The Bertz CT molecular complexity index is 576. The van der Waals surface area contributed by atoms with Crippen molar-refractivity contribution in [2.24, 2.45) is 0 Å². The molecule has 19 heavy (non-hydrogen) atoms. The summed E-state index contributed by atoms with van der Waals surface area (Å²) in [5.41, 5.74) is 1.45. The number of hydrogen-bond donors (Lipinski definition) is 0. The summed E-state index contributed by atoms with van der Waals surface area (Å²) in [6, 6.07) is 14.5. The highest BCUT2D eigenvalue weighted by Crippen LogP contribution is 2.27. The van der Waals surface area contributed by atoms with E-state index in [1.165, 1.54) is 0 Å². The zero-order valence-electron chi connectivity index (χ0n) is 11.1. The number of aryl methyl sites for hydroxylation is 1. The minimum absolute atomic E-state index is 0.370. The molecule has 3 heteroatoms. The first-order valence-corrected chi connectivity index (χ1v) is 6.22. The number of rotatable bonds is 4. The fourth-order valence-electron chi connectivity index (χ4n) is 1.77. The molecule has 0 N–H and O–H groups in total. The SMILES string of the molecule is CCOc1ccccc1OC(=O)c1ccccc1C. The molecule has 0 heterocycles. The average molecular weight is 256 g/mol. The van der Waals surface area contributed by atoms with Gasteiger partial charge >= 0.3 is 5.97 Å². The van der Waals surface area contributed by atoms with Gasteiger partial charge in [-0.05, 0) is 37.6 Å². The number of para-hydroxylation sites is 2. The molecule has 0 atom stereocenters. The molecule has 3 nitrogen and oxygen atoms in total. The van der Waals surface area contributed by atoms with Crippen molar-refractivity contribution in [2.75, 3.05) is 6.61 Å². The summed E-state index contributed by atoms with van der Waals surface area (Å²) in [5.74, 6) is 0.648. The second kappa shape index (κ2) is 6.05. The molecule has 0 saturated carbocycles. The van der Waals surface area contributed by atoms with Crippen molar-refractivity contribution in [3.63, 3.8) is 0 Å². The molecule has 98 valence electrons. The second-order valence-electron chi connectivity index (χ2n) is 4.08. The topological polar surface area (TPSA) is 35.5 Å².